The lowest BCUT2D eigenvalue weighted by Gasteiger charge is -2.24. The summed E-state index contributed by atoms with van der Waals surface area (Å²) in [6.45, 7) is 5.41. The Kier molecular flexibility index (Phi) is 12.0. The zero-order chi connectivity index (χ0) is 20.9. The van der Waals surface area contributed by atoms with Gasteiger partial charge >= 0.3 is 0 Å². The quantitative estimate of drug-likeness (QED) is 0.227. The van der Waals surface area contributed by atoms with Gasteiger partial charge < -0.3 is 0 Å². The van der Waals surface area contributed by atoms with Crippen LogP contribution in [0.25, 0.3) is 0 Å². The lowest BCUT2D eigenvalue weighted by molar-refractivity contribution is 0.444. The Morgan fingerprint density at radius 1 is 0.750 bits per heavy atom. The Hall–Kier alpha value is -0.870. The second kappa shape index (κ2) is 13.4. The molecule has 0 spiro atoms. The van der Waals surface area contributed by atoms with Crippen molar-refractivity contribution in [2.75, 3.05) is 0 Å². The van der Waals surface area contributed by atoms with Crippen LogP contribution in [0.15, 0.2) is 24.3 Å². The number of hydrogen-bond donors (Lipinski definition) is 1. The molecule has 1 rings (SSSR count). The summed E-state index contributed by atoms with van der Waals surface area (Å²) in [7, 11) is -4.14. The monoisotopic (exact) mass is 410 g/mol. The number of hydrogen-bond acceptors (Lipinski definition) is 2. The summed E-state index contributed by atoms with van der Waals surface area (Å²) in [5.74, 6) is 0. The molecule has 0 radical (unpaired) electrons. The fourth-order valence-electron chi connectivity index (χ4n) is 3.80. The topological polar surface area (TPSA) is 54.4 Å². The van der Waals surface area contributed by atoms with E-state index < -0.39 is 14.9 Å². The van der Waals surface area contributed by atoms with Gasteiger partial charge in [-0.1, -0.05) is 108 Å². The van der Waals surface area contributed by atoms with E-state index in [-0.39, 0.29) is 0 Å². The highest BCUT2D eigenvalue weighted by atomic mass is 32.2. The molecular formula is C24H42O3S. The normalized spacial score (nSPS) is 12.4. The van der Waals surface area contributed by atoms with Crippen LogP contribution in [0.5, 0.6) is 0 Å². The molecule has 0 aliphatic rings. The van der Waals surface area contributed by atoms with Gasteiger partial charge in [0.25, 0.3) is 10.1 Å². The number of unbranched alkanes of at least 4 members (excludes halogenated alkanes) is 12. The van der Waals surface area contributed by atoms with Gasteiger partial charge in [-0.15, -0.1) is 0 Å². The fraction of sp³-hybridized carbons (Fsp3) is 0.750. The summed E-state index contributed by atoms with van der Waals surface area (Å²) in [5.41, 5.74) is 1.75. The van der Waals surface area contributed by atoms with E-state index in [2.05, 4.69) is 6.92 Å². The summed E-state index contributed by atoms with van der Waals surface area (Å²) in [5, 5.41) is 0. The van der Waals surface area contributed by atoms with Crippen LogP contribution in [0.4, 0.5) is 0 Å². The van der Waals surface area contributed by atoms with E-state index in [1.54, 1.807) is 13.8 Å². The summed E-state index contributed by atoms with van der Waals surface area (Å²) in [6.07, 6.45) is 18.1. The zero-order valence-electron chi connectivity index (χ0n) is 18.4. The average Bonchev–Trinajstić information content (AvgIpc) is 2.65. The molecular weight excluding hydrogens is 368 g/mol. The second-order valence-electron chi connectivity index (χ2n) is 8.64. The van der Waals surface area contributed by atoms with Crippen LogP contribution in [0.1, 0.15) is 115 Å². The first-order valence-electron chi connectivity index (χ1n) is 11.4. The number of aryl methyl sites for hydroxylation is 1. The molecule has 0 atom stereocenters. The van der Waals surface area contributed by atoms with Crippen LogP contribution in [-0.2, 0) is 21.3 Å². The first-order valence-corrected chi connectivity index (χ1v) is 12.8. The molecule has 0 heterocycles. The second-order valence-corrected chi connectivity index (χ2v) is 10.6. The third-order valence-electron chi connectivity index (χ3n) is 5.86. The molecule has 1 N–H and O–H groups in total. The molecule has 4 heteroatoms. The zero-order valence-corrected chi connectivity index (χ0v) is 19.2. The predicted octanol–water partition coefficient (Wildman–Crippen LogP) is 7.44. The van der Waals surface area contributed by atoms with Gasteiger partial charge in [0.15, 0.2) is 0 Å². The van der Waals surface area contributed by atoms with Gasteiger partial charge in [-0.2, -0.15) is 8.42 Å². The van der Waals surface area contributed by atoms with E-state index in [0.717, 1.165) is 24.0 Å². The van der Waals surface area contributed by atoms with Crippen molar-refractivity contribution in [1.29, 1.82) is 0 Å². The lowest BCUT2D eigenvalue weighted by atomic mass is 9.93. The van der Waals surface area contributed by atoms with Crippen LogP contribution in [0.3, 0.4) is 0 Å². The standard InChI is InChI=1S/C24H42O3S/c1-4-5-6-7-8-9-10-11-12-13-14-15-16-19-22-20-17-18-21-23(22)24(2,3)28(25,26)27/h17-18,20-21H,4-16,19H2,1-3H3,(H,25,26,27). The number of benzene rings is 1. The van der Waals surface area contributed by atoms with Crippen LogP contribution in [-0.4, -0.2) is 13.0 Å². The van der Waals surface area contributed by atoms with Crippen molar-refractivity contribution >= 4 is 10.1 Å². The molecule has 0 aliphatic carbocycles. The van der Waals surface area contributed by atoms with Gasteiger partial charge in [-0.05, 0) is 37.8 Å². The molecule has 1 aromatic carbocycles. The average molecular weight is 411 g/mol. The molecule has 0 bridgehead atoms. The molecule has 28 heavy (non-hydrogen) atoms. The first-order chi connectivity index (χ1) is 13.3. The minimum absolute atomic E-state index is 0.719. The van der Waals surface area contributed by atoms with Crippen LogP contribution in [0, 0.1) is 0 Å². The molecule has 0 aromatic heterocycles. The highest BCUT2D eigenvalue weighted by molar-refractivity contribution is 7.86. The molecule has 1 aromatic rings. The largest absolute Gasteiger partial charge is 0.285 e. The molecule has 0 unspecified atom stereocenters. The van der Waals surface area contributed by atoms with Gasteiger partial charge in [0.1, 0.15) is 4.75 Å². The SMILES string of the molecule is CCCCCCCCCCCCCCCc1ccccc1C(C)(C)S(=O)(=O)O. The predicted molar refractivity (Wildman–Crippen MR) is 120 cm³/mol. The van der Waals surface area contributed by atoms with Gasteiger partial charge in [-0.25, -0.2) is 0 Å². The maximum atomic E-state index is 11.8. The summed E-state index contributed by atoms with van der Waals surface area (Å²) in [6, 6.07) is 7.60. The van der Waals surface area contributed by atoms with Crippen LogP contribution in [0.2, 0.25) is 0 Å². The Balaban J connectivity index is 2.19. The van der Waals surface area contributed by atoms with Crippen molar-refractivity contribution in [3.63, 3.8) is 0 Å². The maximum Gasteiger partial charge on any atom is 0.274 e. The first kappa shape index (κ1) is 25.2. The minimum atomic E-state index is -4.14. The Labute approximate surface area is 174 Å². The Bertz CT molecular complexity index is 635. The van der Waals surface area contributed by atoms with Gasteiger partial charge in [-0.3, -0.25) is 4.55 Å². The Morgan fingerprint density at radius 3 is 1.64 bits per heavy atom. The third kappa shape index (κ3) is 9.09. The smallest absolute Gasteiger partial charge is 0.274 e. The highest BCUT2D eigenvalue weighted by Crippen LogP contribution is 2.32. The molecule has 162 valence electrons. The van der Waals surface area contributed by atoms with E-state index in [4.69, 9.17) is 0 Å². The van der Waals surface area contributed by atoms with Crippen molar-refractivity contribution in [2.24, 2.45) is 0 Å². The van der Waals surface area contributed by atoms with E-state index in [1.165, 1.54) is 77.0 Å². The van der Waals surface area contributed by atoms with Gasteiger partial charge in [0.2, 0.25) is 0 Å². The molecule has 0 amide bonds. The van der Waals surface area contributed by atoms with E-state index in [1.807, 2.05) is 24.3 Å². The molecule has 0 saturated carbocycles. The highest BCUT2D eigenvalue weighted by Gasteiger charge is 2.36. The number of rotatable bonds is 16. The lowest BCUT2D eigenvalue weighted by Crippen LogP contribution is -2.29. The third-order valence-corrected chi connectivity index (χ3v) is 7.37. The molecule has 0 saturated heterocycles. The van der Waals surface area contributed by atoms with Crippen LogP contribution < -0.4 is 0 Å². The van der Waals surface area contributed by atoms with Gasteiger partial charge in [0.05, 0.1) is 0 Å². The minimum Gasteiger partial charge on any atom is -0.285 e. The molecule has 3 nitrogen and oxygen atoms in total. The van der Waals surface area contributed by atoms with Crippen molar-refractivity contribution in [1.82, 2.24) is 0 Å². The summed E-state index contributed by atoms with van der Waals surface area (Å²) >= 11 is 0. The van der Waals surface area contributed by atoms with E-state index >= 15 is 0 Å². The summed E-state index contributed by atoms with van der Waals surface area (Å²) in [4.78, 5) is 0. The van der Waals surface area contributed by atoms with Crippen LogP contribution >= 0.6 is 0 Å². The summed E-state index contributed by atoms with van der Waals surface area (Å²) < 4.78 is 31.8. The maximum absolute atomic E-state index is 11.8. The van der Waals surface area contributed by atoms with E-state index in [9.17, 15) is 13.0 Å². The van der Waals surface area contributed by atoms with Crippen molar-refractivity contribution < 1.29 is 13.0 Å². The van der Waals surface area contributed by atoms with Crippen molar-refractivity contribution in [2.45, 2.75) is 115 Å². The van der Waals surface area contributed by atoms with Gasteiger partial charge in [0, 0.05) is 0 Å². The Morgan fingerprint density at radius 2 is 1.18 bits per heavy atom. The molecule has 0 fully saturated rings. The molecule has 0 aliphatic heterocycles. The van der Waals surface area contributed by atoms with Crippen molar-refractivity contribution in [3.05, 3.63) is 35.4 Å². The van der Waals surface area contributed by atoms with Crippen molar-refractivity contribution in [3.8, 4) is 0 Å². The fourth-order valence-corrected chi connectivity index (χ4v) is 4.27. The van der Waals surface area contributed by atoms with E-state index in [0.29, 0.717) is 0 Å².